The highest BCUT2D eigenvalue weighted by Crippen LogP contribution is 2.32. The van der Waals surface area contributed by atoms with E-state index in [0.717, 1.165) is 11.1 Å². The summed E-state index contributed by atoms with van der Waals surface area (Å²) in [5, 5.41) is 2.94. The lowest BCUT2D eigenvalue weighted by atomic mass is 10.1. The molecule has 1 amide bonds. The number of benzene rings is 3. The predicted molar refractivity (Wildman–Crippen MR) is 119 cm³/mol. The van der Waals surface area contributed by atoms with E-state index < -0.39 is 0 Å². The lowest BCUT2D eigenvalue weighted by Gasteiger charge is -2.14. The highest BCUT2D eigenvalue weighted by molar-refractivity contribution is 5.94. The third-order valence-corrected chi connectivity index (χ3v) is 4.95. The number of nitrogens with one attached hydrogen (secondary N) is 1. The van der Waals surface area contributed by atoms with Crippen molar-refractivity contribution in [2.75, 3.05) is 20.5 Å². The molecule has 1 aliphatic rings. The topological polar surface area (TPSA) is 75.3 Å². The van der Waals surface area contributed by atoms with Crippen LogP contribution in [0.4, 0.5) is 0 Å². The summed E-state index contributed by atoms with van der Waals surface area (Å²) in [7, 11) is 1.61. The van der Waals surface area contributed by atoms with E-state index in [2.05, 4.69) is 5.32 Å². The molecule has 0 bridgehead atoms. The zero-order valence-corrected chi connectivity index (χ0v) is 18.1. The molecule has 1 aliphatic heterocycles. The lowest BCUT2D eigenvalue weighted by Crippen LogP contribution is -2.23. The largest absolute Gasteiger partial charge is 0.497 e. The second kappa shape index (κ2) is 9.96. The van der Waals surface area contributed by atoms with Crippen LogP contribution in [0.1, 0.15) is 28.4 Å². The van der Waals surface area contributed by atoms with Crippen molar-refractivity contribution in [3.63, 3.8) is 0 Å². The van der Waals surface area contributed by atoms with Gasteiger partial charge in [-0.15, -0.1) is 0 Å². The molecule has 0 saturated carbocycles. The number of amides is 1. The molecule has 4 rings (SSSR count). The van der Waals surface area contributed by atoms with E-state index in [0.29, 0.717) is 47.5 Å². The normalized spacial score (nSPS) is 11.7. The molecule has 0 unspecified atom stereocenters. The van der Waals surface area contributed by atoms with Crippen molar-refractivity contribution in [2.24, 2.45) is 0 Å². The number of carbonyl (C=O) groups excluding carboxylic acids is 1. The lowest BCUT2D eigenvalue weighted by molar-refractivity contribution is 0.0950. The summed E-state index contributed by atoms with van der Waals surface area (Å²) in [5.74, 6) is 3.28. The van der Waals surface area contributed by atoms with Gasteiger partial charge >= 0.3 is 0 Å². The Morgan fingerprint density at radius 1 is 0.969 bits per heavy atom. The van der Waals surface area contributed by atoms with E-state index >= 15 is 0 Å². The Balaban J connectivity index is 1.44. The second-order valence-electron chi connectivity index (χ2n) is 7.09. The summed E-state index contributed by atoms with van der Waals surface area (Å²) in [6, 6.07) is 18.3. The monoisotopic (exact) mass is 435 g/mol. The Hall–Kier alpha value is -3.87. The molecule has 3 aromatic rings. The van der Waals surface area contributed by atoms with Crippen LogP contribution in [0.15, 0.2) is 60.7 Å². The molecule has 1 heterocycles. The number of hydrogen-bond donors (Lipinski definition) is 1. The van der Waals surface area contributed by atoms with E-state index in [-0.39, 0.29) is 19.3 Å². The SMILES string of the molecule is CCOc1ccc(C(=O)NCc2ccc3c(c2)OCO3)cc1COc1cccc(OC)c1. The van der Waals surface area contributed by atoms with Crippen LogP contribution in [-0.2, 0) is 13.2 Å². The zero-order chi connectivity index (χ0) is 22.3. The maximum absolute atomic E-state index is 12.8. The fourth-order valence-corrected chi connectivity index (χ4v) is 3.32. The molecule has 0 saturated heterocycles. The molecule has 3 aromatic carbocycles. The van der Waals surface area contributed by atoms with Gasteiger partial charge < -0.3 is 29.0 Å². The van der Waals surface area contributed by atoms with Crippen molar-refractivity contribution >= 4 is 5.91 Å². The van der Waals surface area contributed by atoms with Crippen LogP contribution in [-0.4, -0.2) is 26.4 Å². The number of methoxy groups -OCH3 is 1. The van der Waals surface area contributed by atoms with Crippen LogP contribution in [0.5, 0.6) is 28.7 Å². The molecule has 0 radical (unpaired) electrons. The van der Waals surface area contributed by atoms with E-state index in [4.69, 9.17) is 23.7 Å². The molecule has 7 nitrogen and oxygen atoms in total. The molecule has 7 heteroatoms. The zero-order valence-electron chi connectivity index (χ0n) is 18.1. The first-order chi connectivity index (χ1) is 15.7. The fourth-order valence-electron chi connectivity index (χ4n) is 3.32. The van der Waals surface area contributed by atoms with Crippen molar-refractivity contribution in [1.82, 2.24) is 5.32 Å². The molecule has 166 valence electrons. The smallest absolute Gasteiger partial charge is 0.251 e. The second-order valence-corrected chi connectivity index (χ2v) is 7.09. The Bertz CT molecular complexity index is 1100. The summed E-state index contributed by atoms with van der Waals surface area (Å²) in [6.07, 6.45) is 0. The van der Waals surface area contributed by atoms with Gasteiger partial charge in [-0.25, -0.2) is 0 Å². The first-order valence-electron chi connectivity index (χ1n) is 10.4. The van der Waals surface area contributed by atoms with Gasteiger partial charge in [0.25, 0.3) is 5.91 Å². The summed E-state index contributed by atoms with van der Waals surface area (Å²) < 4.78 is 27.6. The molecule has 0 atom stereocenters. The van der Waals surface area contributed by atoms with Crippen LogP contribution in [0.3, 0.4) is 0 Å². The molecule has 32 heavy (non-hydrogen) atoms. The van der Waals surface area contributed by atoms with Crippen LogP contribution in [0, 0.1) is 0 Å². The van der Waals surface area contributed by atoms with Crippen molar-refractivity contribution in [3.8, 4) is 28.7 Å². The molecule has 0 spiro atoms. The van der Waals surface area contributed by atoms with E-state index in [1.165, 1.54) is 0 Å². The number of rotatable bonds is 9. The van der Waals surface area contributed by atoms with Gasteiger partial charge in [-0.1, -0.05) is 12.1 Å². The quantitative estimate of drug-likeness (QED) is 0.539. The van der Waals surface area contributed by atoms with Gasteiger partial charge in [-0.2, -0.15) is 0 Å². The van der Waals surface area contributed by atoms with Crippen molar-refractivity contribution in [1.29, 1.82) is 0 Å². The van der Waals surface area contributed by atoms with Gasteiger partial charge in [0.1, 0.15) is 23.9 Å². The van der Waals surface area contributed by atoms with Crippen LogP contribution in [0.25, 0.3) is 0 Å². The molecule has 0 aliphatic carbocycles. The fraction of sp³-hybridized carbons (Fsp3) is 0.240. The Kier molecular flexibility index (Phi) is 6.65. The third-order valence-electron chi connectivity index (χ3n) is 4.95. The minimum Gasteiger partial charge on any atom is -0.497 e. The molecular formula is C25H25NO6. The average Bonchev–Trinajstić information content (AvgIpc) is 3.30. The van der Waals surface area contributed by atoms with Gasteiger partial charge in [0.15, 0.2) is 11.5 Å². The van der Waals surface area contributed by atoms with Gasteiger partial charge in [0.05, 0.1) is 13.7 Å². The minimum atomic E-state index is -0.187. The van der Waals surface area contributed by atoms with Gasteiger partial charge in [0, 0.05) is 23.7 Å². The summed E-state index contributed by atoms with van der Waals surface area (Å²) in [6.45, 7) is 3.28. The van der Waals surface area contributed by atoms with E-state index in [1.807, 2.05) is 49.4 Å². The number of hydrogen-bond acceptors (Lipinski definition) is 6. The summed E-state index contributed by atoms with van der Waals surface area (Å²) in [5.41, 5.74) is 2.24. The molecule has 0 aromatic heterocycles. The highest BCUT2D eigenvalue weighted by Gasteiger charge is 2.15. The Morgan fingerprint density at radius 3 is 2.66 bits per heavy atom. The van der Waals surface area contributed by atoms with Crippen molar-refractivity contribution < 1.29 is 28.5 Å². The summed E-state index contributed by atoms with van der Waals surface area (Å²) in [4.78, 5) is 12.8. The first-order valence-corrected chi connectivity index (χ1v) is 10.4. The van der Waals surface area contributed by atoms with E-state index in [9.17, 15) is 4.79 Å². The van der Waals surface area contributed by atoms with Gasteiger partial charge in [0.2, 0.25) is 6.79 Å². The van der Waals surface area contributed by atoms with E-state index in [1.54, 1.807) is 25.3 Å². The van der Waals surface area contributed by atoms with Gasteiger partial charge in [-0.05, 0) is 55.0 Å². The van der Waals surface area contributed by atoms with Crippen LogP contribution >= 0.6 is 0 Å². The highest BCUT2D eigenvalue weighted by atomic mass is 16.7. The predicted octanol–water partition coefficient (Wildman–Crippen LogP) is 4.33. The number of ether oxygens (including phenoxy) is 5. The van der Waals surface area contributed by atoms with Crippen molar-refractivity contribution in [3.05, 3.63) is 77.4 Å². The summed E-state index contributed by atoms with van der Waals surface area (Å²) >= 11 is 0. The van der Waals surface area contributed by atoms with Crippen LogP contribution in [0.2, 0.25) is 0 Å². The Labute approximate surface area is 186 Å². The molecular weight excluding hydrogens is 410 g/mol. The molecule has 0 fully saturated rings. The van der Waals surface area contributed by atoms with Crippen LogP contribution < -0.4 is 29.0 Å². The first kappa shape index (κ1) is 21.4. The maximum atomic E-state index is 12.8. The maximum Gasteiger partial charge on any atom is 0.251 e. The molecule has 1 N–H and O–H groups in total. The standard InChI is InChI=1S/C25H25NO6/c1-3-29-22-10-8-18(12-19(22)15-30-21-6-4-5-20(13-21)28-2)25(27)26-14-17-7-9-23-24(11-17)32-16-31-23/h4-13H,3,14-16H2,1-2H3,(H,26,27). The van der Waals surface area contributed by atoms with Gasteiger partial charge in [-0.3, -0.25) is 4.79 Å². The Morgan fingerprint density at radius 2 is 1.81 bits per heavy atom. The average molecular weight is 435 g/mol. The van der Waals surface area contributed by atoms with Crippen molar-refractivity contribution in [2.45, 2.75) is 20.1 Å². The third kappa shape index (κ3) is 5.06. The minimum absolute atomic E-state index is 0.187. The number of carbonyl (C=O) groups is 1. The number of fused-ring (bicyclic) bond motifs is 1.